The molecule has 2 rings (SSSR count). The number of rotatable bonds is 4. The molecule has 0 amide bonds. The number of nitrogens with one attached hydrogen (secondary N) is 1. The largest absolute Gasteiger partial charge is 0.282 e. The van der Waals surface area contributed by atoms with Gasteiger partial charge in [0.2, 0.25) is 10.0 Å². The third-order valence-electron chi connectivity index (χ3n) is 2.74. The number of sulfonamides is 1. The molecule has 19 heavy (non-hydrogen) atoms. The monoisotopic (exact) mass is 387 g/mol. The summed E-state index contributed by atoms with van der Waals surface area (Å²) >= 11 is 3.15. The van der Waals surface area contributed by atoms with Crippen LogP contribution in [0.25, 0.3) is 0 Å². The topological polar surface area (TPSA) is 80.3 Å². The fourth-order valence-electron chi connectivity index (χ4n) is 1.62. The maximum atomic E-state index is 11.8. The summed E-state index contributed by atoms with van der Waals surface area (Å²) in [6.45, 7) is 1.55. The van der Waals surface area contributed by atoms with Crippen LogP contribution in [0.3, 0.4) is 0 Å². The van der Waals surface area contributed by atoms with Crippen LogP contribution in [0.1, 0.15) is 18.4 Å². The maximum absolute atomic E-state index is 11.8. The quantitative estimate of drug-likeness (QED) is 0.804. The molecule has 0 aliphatic heterocycles. The van der Waals surface area contributed by atoms with Crippen molar-refractivity contribution in [1.82, 2.24) is 0 Å². The Labute approximate surface area is 124 Å². The van der Waals surface area contributed by atoms with E-state index in [-0.39, 0.29) is 10.1 Å². The van der Waals surface area contributed by atoms with E-state index in [4.69, 9.17) is 10.7 Å². The summed E-state index contributed by atoms with van der Waals surface area (Å²) in [6, 6.07) is 2.74. The minimum Gasteiger partial charge on any atom is -0.282 e. The molecule has 1 N–H and O–H groups in total. The molecule has 0 radical (unpaired) electrons. The van der Waals surface area contributed by atoms with Gasteiger partial charge < -0.3 is 0 Å². The number of hydrogen-bond donors (Lipinski definition) is 1. The van der Waals surface area contributed by atoms with Crippen molar-refractivity contribution in [2.45, 2.75) is 29.9 Å². The first-order chi connectivity index (χ1) is 8.61. The van der Waals surface area contributed by atoms with Crippen LogP contribution < -0.4 is 4.72 Å². The third kappa shape index (κ3) is 3.42. The van der Waals surface area contributed by atoms with Crippen LogP contribution in [0, 0.1) is 6.92 Å². The molecule has 106 valence electrons. The minimum absolute atomic E-state index is 0.0459. The van der Waals surface area contributed by atoms with Crippen molar-refractivity contribution in [2.75, 3.05) is 4.72 Å². The summed E-state index contributed by atoms with van der Waals surface area (Å²) in [7, 11) is -1.95. The molecular weight excluding hydrogens is 378 g/mol. The van der Waals surface area contributed by atoms with Gasteiger partial charge in [-0.2, -0.15) is 0 Å². The second kappa shape index (κ2) is 4.91. The molecule has 1 aliphatic carbocycles. The summed E-state index contributed by atoms with van der Waals surface area (Å²) in [4.78, 5) is -0.0459. The van der Waals surface area contributed by atoms with E-state index in [9.17, 15) is 16.8 Å². The lowest BCUT2D eigenvalue weighted by Crippen LogP contribution is -2.17. The molecule has 0 bridgehead atoms. The van der Waals surface area contributed by atoms with E-state index in [1.807, 2.05) is 0 Å². The summed E-state index contributed by atoms with van der Waals surface area (Å²) in [5.41, 5.74) is 0.695. The Kier molecular flexibility index (Phi) is 3.90. The molecule has 5 nitrogen and oxygen atoms in total. The zero-order chi connectivity index (χ0) is 14.4. The van der Waals surface area contributed by atoms with E-state index < -0.39 is 19.1 Å². The van der Waals surface area contributed by atoms with Crippen molar-refractivity contribution in [3.05, 3.63) is 22.2 Å². The van der Waals surface area contributed by atoms with Crippen molar-refractivity contribution in [2.24, 2.45) is 0 Å². The van der Waals surface area contributed by atoms with E-state index in [0.717, 1.165) is 0 Å². The lowest BCUT2D eigenvalue weighted by molar-refractivity contribution is 0.600. The van der Waals surface area contributed by atoms with E-state index in [2.05, 4.69) is 20.7 Å². The molecule has 1 aromatic rings. The highest BCUT2D eigenvalue weighted by Crippen LogP contribution is 2.34. The average molecular weight is 389 g/mol. The van der Waals surface area contributed by atoms with E-state index >= 15 is 0 Å². The number of halogens is 2. The second-order valence-corrected chi connectivity index (χ2v) is 9.73. The standard InChI is InChI=1S/C10H11BrClNO4S2/c1-6-4-9(13-19(16,17)7-2-3-7)8(11)5-10(6)18(12,14)15/h4-5,7,13H,2-3H2,1H3. The molecular formula is C10H11BrClNO4S2. The lowest BCUT2D eigenvalue weighted by Gasteiger charge is -2.11. The molecule has 0 unspecified atom stereocenters. The highest BCUT2D eigenvalue weighted by molar-refractivity contribution is 9.10. The van der Waals surface area contributed by atoms with E-state index in [1.54, 1.807) is 6.92 Å². The normalized spacial score (nSPS) is 16.4. The minimum atomic E-state index is -3.86. The molecule has 0 spiro atoms. The summed E-state index contributed by atoms with van der Waals surface area (Å²) in [5, 5.41) is -0.351. The van der Waals surface area contributed by atoms with Crippen LogP contribution in [0.5, 0.6) is 0 Å². The highest BCUT2D eigenvalue weighted by Gasteiger charge is 2.36. The first kappa shape index (κ1) is 15.1. The van der Waals surface area contributed by atoms with Crippen molar-refractivity contribution < 1.29 is 16.8 Å². The number of aryl methyl sites for hydroxylation is 1. The van der Waals surface area contributed by atoms with Gasteiger partial charge in [-0.15, -0.1) is 0 Å². The van der Waals surface area contributed by atoms with Crippen LogP contribution in [0.2, 0.25) is 0 Å². The maximum Gasteiger partial charge on any atom is 0.261 e. The molecule has 1 aliphatic rings. The van der Waals surface area contributed by atoms with Crippen LogP contribution in [0.15, 0.2) is 21.5 Å². The SMILES string of the molecule is Cc1cc(NS(=O)(=O)C2CC2)c(Br)cc1S(=O)(=O)Cl. The zero-order valence-corrected chi connectivity index (χ0v) is 13.8. The summed E-state index contributed by atoms with van der Waals surface area (Å²) in [5.74, 6) is 0. The number of hydrogen-bond acceptors (Lipinski definition) is 4. The Morgan fingerprint density at radius 2 is 1.84 bits per heavy atom. The Balaban J connectivity index is 2.41. The Bertz CT molecular complexity index is 726. The van der Waals surface area contributed by atoms with Gasteiger partial charge >= 0.3 is 0 Å². The molecule has 9 heteroatoms. The van der Waals surface area contributed by atoms with Crippen LogP contribution in [-0.2, 0) is 19.1 Å². The summed E-state index contributed by atoms with van der Waals surface area (Å²) < 4.78 is 49.1. The highest BCUT2D eigenvalue weighted by atomic mass is 79.9. The zero-order valence-electron chi connectivity index (χ0n) is 9.85. The average Bonchev–Trinajstić information content (AvgIpc) is 3.04. The van der Waals surface area contributed by atoms with Gasteiger partial charge in [-0.05, 0) is 53.4 Å². The van der Waals surface area contributed by atoms with E-state index in [0.29, 0.717) is 28.6 Å². The van der Waals surface area contributed by atoms with Crippen molar-refractivity contribution in [1.29, 1.82) is 0 Å². The van der Waals surface area contributed by atoms with Crippen molar-refractivity contribution >= 4 is 51.4 Å². The van der Waals surface area contributed by atoms with Gasteiger partial charge in [0.05, 0.1) is 15.8 Å². The molecule has 1 fully saturated rings. The molecule has 0 heterocycles. The predicted molar refractivity (Wildman–Crippen MR) is 77.5 cm³/mol. The van der Waals surface area contributed by atoms with Crippen LogP contribution in [0.4, 0.5) is 5.69 Å². The first-order valence-electron chi connectivity index (χ1n) is 5.38. The molecule has 0 aromatic heterocycles. The van der Waals surface area contributed by atoms with Crippen molar-refractivity contribution in [3.8, 4) is 0 Å². The lowest BCUT2D eigenvalue weighted by atomic mass is 10.2. The van der Waals surface area contributed by atoms with Gasteiger partial charge in [0, 0.05) is 15.2 Å². The van der Waals surface area contributed by atoms with Crippen LogP contribution in [-0.4, -0.2) is 22.1 Å². The number of anilines is 1. The Hall–Kier alpha value is -0.310. The van der Waals surface area contributed by atoms with Gasteiger partial charge in [-0.25, -0.2) is 16.8 Å². The second-order valence-electron chi connectivity index (χ2n) is 4.38. The summed E-state index contributed by atoms with van der Waals surface area (Å²) in [6.07, 6.45) is 1.31. The molecule has 0 atom stereocenters. The van der Waals surface area contributed by atoms with Gasteiger partial charge in [0.15, 0.2) is 0 Å². The smallest absolute Gasteiger partial charge is 0.261 e. The Morgan fingerprint density at radius 1 is 1.26 bits per heavy atom. The Morgan fingerprint density at radius 3 is 2.32 bits per heavy atom. The fourth-order valence-corrected chi connectivity index (χ4v) is 4.94. The molecule has 0 saturated heterocycles. The van der Waals surface area contributed by atoms with Crippen LogP contribution >= 0.6 is 26.6 Å². The fraction of sp³-hybridized carbons (Fsp3) is 0.400. The first-order valence-corrected chi connectivity index (χ1v) is 10.0. The molecule has 1 aromatic carbocycles. The van der Waals surface area contributed by atoms with Gasteiger partial charge in [-0.3, -0.25) is 4.72 Å². The van der Waals surface area contributed by atoms with Gasteiger partial charge in [0.25, 0.3) is 9.05 Å². The third-order valence-corrected chi connectivity index (χ3v) is 6.72. The van der Waals surface area contributed by atoms with E-state index in [1.165, 1.54) is 12.1 Å². The number of benzene rings is 1. The van der Waals surface area contributed by atoms with Crippen molar-refractivity contribution in [3.63, 3.8) is 0 Å². The molecule has 1 saturated carbocycles. The predicted octanol–water partition coefficient (Wildman–Crippen LogP) is 2.59. The van der Waals surface area contributed by atoms with Gasteiger partial charge in [0.1, 0.15) is 0 Å². The van der Waals surface area contributed by atoms with Gasteiger partial charge in [-0.1, -0.05) is 0 Å².